The van der Waals surface area contributed by atoms with E-state index in [4.69, 9.17) is 4.74 Å². The Morgan fingerprint density at radius 2 is 2.10 bits per heavy atom. The topological polar surface area (TPSA) is 41.6 Å². The maximum absolute atomic E-state index is 12.1. The van der Waals surface area contributed by atoms with Crippen LogP contribution < -0.4 is 5.32 Å². The number of likely N-dealkylation sites (N-methyl/N-ethyl adjacent to an activating group) is 1. The molecule has 1 aliphatic heterocycles. The SMILES string of the molecule is CN(Cc1ccccc1Br)C(=O)COC1CCNCC1. The van der Waals surface area contributed by atoms with E-state index in [0.717, 1.165) is 36.0 Å². The quantitative estimate of drug-likeness (QED) is 0.893. The van der Waals surface area contributed by atoms with Crippen LogP contribution in [0.15, 0.2) is 28.7 Å². The number of ether oxygens (including phenoxy) is 1. The highest BCUT2D eigenvalue weighted by Crippen LogP contribution is 2.17. The second kappa shape index (κ2) is 7.76. The van der Waals surface area contributed by atoms with Crippen molar-refractivity contribution in [2.45, 2.75) is 25.5 Å². The highest BCUT2D eigenvalue weighted by atomic mass is 79.9. The first-order chi connectivity index (χ1) is 9.66. The van der Waals surface area contributed by atoms with E-state index < -0.39 is 0 Å². The molecule has 0 bridgehead atoms. The normalized spacial score (nSPS) is 16.1. The van der Waals surface area contributed by atoms with Crippen LogP contribution in [-0.4, -0.2) is 43.7 Å². The molecule has 1 saturated heterocycles. The van der Waals surface area contributed by atoms with Gasteiger partial charge in [-0.25, -0.2) is 0 Å². The Morgan fingerprint density at radius 3 is 2.80 bits per heavy atom. The zero-order valence-electron chi connectivity index (χ0n) is 11.8. The molecule has 1 heterocycles. The van der Waals surface area contributed by atoms with Crippen LogP contribution in [0.5, 0.6) is 0 Å². The summed E-state index contributed by atoms with van der Waals surface area (Å²) in [5.41, 5.74) is 1.10. The van der Waals surface area contributed by atoms with Crippen molar-refractivity contribution in [1.82, 2.24) is 10.2 Å². The second-order valence-electron chi connectivity index (χ2n) is 5.10. The predicted octanol–water partition coefficient (Wildman–Crippen LogP) is 2.18. The molecule has 1 aromatic carbocycles. The third kappa shape index (κ3) is 4.58. The molecule has 4 nitrogen and oxygen atoms in total. The lowest BCUT2D eigenvalue weighted by atomic mass is 10.1. The molecule has 1 amide bonds. The standard InChI is InChI=1S/C15H21BrN2O2/c1-18(10-12-4-2-3-5-14(12)16)15(19)11-20-13-6-8-17-9-7-13/h2-5,13,17H,6-11H2,1H3. The molecule has 0 saturated carbocycles. The smallest absolute Gasteiger partial charge is 0.248 e. The van der Waals surface area contributed by atoms with Crippen LogP contribution in [0, 0.1) is 0 Å². The van der Waals surface area contributed by atoms with Crippen LogP contribution in [0.3, 0.4) is 0 Å². The van der Waals surface area contributed by atoms with Crippen LogP contribution in [0.25, 0.3) is 0 Å². The van der Waals surface area contributed by atoms with Gasteiger partial charge in [-0.1, -0.05) is 34.1 Å². The molecule has 1 fully saturated rings. The van der Waals surface area contributed by atoms with E-state index in [-0.39, 0.29) is 18.6 Å². The summed E-state index contributed by atoms with van der Waals surface area (Å²) < 4.78 is 6.72. The maximum atomic E-state index is 12.1. The molecular formula is C15H21BrN2O2. The van der Waals surface area contributed by atoms with Gasteiger partial charge in [0.25, 0.3) is 0 Å². The third-order valence-corrected chi connectivity index (χ3v) is 4.29. The van der Waals surface area contributed by atoms with Crippen LogP contribution in [0.1, 0.15) is 18.4 Å². The van der Waals surface area contributed by atoms with Crippen molar-refractivity contribution in [2.24, 2.45) is 0 Å². The molecule has 0 unspecified atom stereocenters. The van der Waals surface area contributed by atoms with Crippen LogP contribution >= 0.6 is 15.9 Å². The van der Waals surface area contributed by atoms with E-state index in [9.17, 15) is 4.79 Å². The van der Waals surface area contributed by atoms with Crippen molar-refractivity contribution in [3.8, 4) is 0 Å². The summed E-state index contributed by atoms with van der Waals surface area (Å²) in [5, 5.41) is 3.28. The Hall–Kier alpha value is -0.910. The predicted molar refractivity (Wildman–Crippen MR) is 82.5 cm³/mol. The number of piperidine rings is 1. The fourth-order valence-corrected chi connectivity index (χ4v) is 2.64. The highest BCUT2D eigenvalue weighted by molar-refractivity contribution is 9.10. The average molecular weight is 341 g/mol. The second-order valence-corrected chi connectivity index (χ2v) is 5.96. The van der Waals surface area contributed by atoms with Gasteiger partial charge in [0, 0.05) is 18.1 Å². The molecule has 0 spiro atoms. The summed E-state index contributed by atoms with van der Waals surface area (Å²) in [5.74, 6) is 0.0271. The number of nitrogens with one attached hydrogen (secondary N) is 1. The fourth-order valence-electron chi connectivity index (χ4n) is 2.23. The van der Waals surface area contributed by atoms with Crippen molar-refractivity contribution in [3.05, 3.63) is 34.3 Å². The van der Waals surface area contributed by atoms with E-state index in [1.54, 1.807) is 4.90 Å². The van der Waals surface area contributed by atoms with Gasteiger partial charge in [0.2, 0.25) is 5.91 Å². The average Bonchev–Trinajstić information content (AvgIpc) is 2.48. The minimum atomic E-state index is 0.0271. The zero-order chi connectivity index (χ0) is 14.4. The highest BCUT2D eigenvalue weighted by Gasteiger charge is 2.17. The molecule has 2 rings (SSSR count). The van der Waals surface area contributed by atoms with E-state index in [1.807, 2.05) is 31.3 Å². The summed E-state index contributed by atoms with van der Waals surface area (Å²) in [6, 6.07) is 7.94. The van der Waals surface area contributed by atoms with Gasteiger partial charge in [0.15, 0.2) is 0 Å². The Kier molecular flexibility index (Phi) is 6.01. The van der Waals surface area contributed by atoms with Crippen LogP contribution in [0.2, 0.25) is 0 Å². The van der Waals surface area contributed by atoms with Crippen molar-refractivity contribution in [2.75, 3.05) is 26.7 Å². The lowest BCUT2D eigenvalue weighted by Gasteiger charge is -2.24. The van der Waals surface area contributed by atoms with Gasteiger partial charge in [-0.15, -0.1) is 0 Å². The van der Waals surface area contributed by atoms with Crippen molar-refractivity contribution in [3.63, 3.8) is 0 Å². The Balaban J connectivity index is 1.78. The summed E-state index contributed by atoms with van der Waals surface area (Å²) in [7, 11) is 1.81. The number of rotatable bonds is 5. The Morgan fingerprint density at radius 1 is 1.40 bits per heavy atom. The first kappa shape index (κ1) is 15.5. The first-order valence-corrected chi connectivity index (χ1v) is 7.76. The molecule has 1 aromatic rings. The van der Waals surface area contributed by atoms with Gasteiger partial charge < -0.3 is 15.0 Å². The van der Waals surface area contributed by atoms with Gasteiger partial charge >= 0.3 is 0 Å². The van der Waals surface area contributed by atoms with Crippen LogP contribution in [-0.2, 0) is 16.1 Å². The molecule has 5 heteroatoms. The molecule has 20 heavy (non-hydrogen) atoms. The zero-order valence-corrected chi connectivity index (χ0v) is 13.4. The number of hydrogen-bond acceptors (Lipinski definition) is 3. The number of amides is 1. The third-order valence-electron chi connectivity index (χ3n) is 3.52. The van der Waals surface area contributed by atoms with Gasteiger partial charge in [-0.2, -0.15) is 0 Å². The van der Waals surface area contributed by atoms with E-state index in [1.165, 1.54) is 0 Å². The molecule has 1 aliphatic rings. The van der Waals surface area contributed by atoms with E-state index >= 15 is 0 Å². The monoisotopic (exact) mass is 340 g/mol. The number of halogens is 1. The van der Waals surface area contributed by atoms with Gasteiger partial charge in [0.05, 0.1) is 6.10 Å². The lowest BCUT2D eigenvalue weighted by Crippen LogP contribution is -2.36. The summed E-state index contributed by atoms with van der Waals surface area (Å²) in [6.45, 7) is 2.72. The molecule has 0 aromatic heterocycles. The van der Waals surface area contributed by atoms with E-state index in [0.29, 0.717) is 6.54 Å². The fraction of sp³-hybridized carbons (Fsp3) is 0.533. The Labute approximate surface area is 128 Å². The number of benzene rings is 1. The lowest BCUT2D eigenvalue weighted by molar-refractivity contribution is -0.137. The van der Waals surface area contributed by atoms with Crippen molar-refractivity contribution in [1.29, 1.82) is 0 Å². The summed E-state index contributed by atoms with van der Waals surface area (Å²) >= 11 is 3.50. The minimum Gasteiger partial charge on any atom is -0.368 e. The number of carbonyl (C=O) groups excluding carboxylic acids is 1. The summed E-state index contributed by atoms with van der Waals surface area (Å²) in [6.07, 6.45) is 2.19. The van der Waals surface area contributed by atoms with Gasteiger partial charge in [-0.3, -0.25) is 4.79 Å². The molecule has 1 N–H and O–H groups in total. The van der Waals surface area contributed by atoms with Crippen LogP contribution in [0.4, 0.5) is 0 Å². The maximum Gasteiger partial charge on any atom is 0.248 e. The Bertz CT molecular complexity index is 447. The van der Waals surface area contributed by atoms with Crippen molar-refractivity contribution >= 4 is 21.8 Å². The van der Waals surface area contributed by atoms with E-state index in [2.05, 4.69) is 21.2 Å². The minimum absolute atomic E-state index is 0.0271. The molecule has 0 radical (unpaired) electrons. The summed E-state index contributed by atoms with van der Waals surface area (Å²) in [4.78, 5) is 13.8. The van der Waals surface area contributed by atoms with Gasteiger partial charge in [-0.05, 0) is 37.6 Å². The largest absolute Gasteiger partial charge is 0.368 e. The molecule has 0 aliphatic carbocycles. The van der Waals surface area contributed by atoms with Crippen molar-refractivity contribution < 1.29 is 9.53 Å². The molecule has 110 valence electrons. The number of nitrogens with zero attached hydrogens (tertiary/aromatic N) is 1. The molecular weight excluding hydrogens is 320 g/mol. The first-order valence-electron chi connectivity index (χ1n) is 6.96. The number of hydrogen-bond donors (Lipinski definition) is 1. The molecule has 0 atom stereocenters. The number of carbonyl (C=O) groups is 1. The van der Waals surface area contributed by atoms with Gasteiger partial charge in [0.1, 0.15) is 6.61 Å².